The number of nitrogens with zero attached hydrogens (tertiary/aromatic N) is 3. The lowest BCUT2D eigenvalue weighted by Crippen LogP contribution is -2.59. The maximum absolute atomic E-state index is 14.0. The molecule has 2 aromatic rings. The molecule has 3 saturated carbocycles. The fourth-order valence-electron chi connectivity index (χ4n) is 9.60. The molecule has 1 aliphatic heterocycles. The minimum Gasteiger partial charge on any atom is -0.449 e. The number of ether oxygens (including phenoxy) is 2. The van der Waals surface area contributed by atoms with Crippen LogP contribution in [0.25, 0.3) is 10.9 Å². The Kier molecular flexibility index (Phi) is 17.9. The lowest BCUT2D eigenvalue weighted by Gasteiger charge is -2.42. The second-order valence-electron chi connectivity index (χ2n) is 20.1. The first kappa shape index (κ1) is 51.4. The lowest BCUT2D eigenvalue weighted by molar-refractivity contribution is -0.137. The van der Waals surface area contributed by atoms with Gasteiger partial charge in [-0.3, -0.25) is 19.2 Å². The van der Waals surface area contributed by atoms with E-state index >= 15 is 0 Å². The number of benzene rings is 1. The number of amides is 5. The van der Waals surface area contributed by atoms with Gasteiger partial charge in [-0.1, -0.05) is 19.9 Å². The van der Waals surface area contributed by atoms with Crippen molar-refractivity contribution in [3.63, 3.8) is 0 Å². The van der Waals surface area contributed by atoms with Gasteiger partial charge in [-0.05, 0) is 128 Å². The standard InChI is InChI=1S/C48H70F3N9O7/c1-29(2)27-52-34-15-19-40(60-22-20-38(45(60)64)57-43-36-25-31(48(49,50)51)10-18-37(36)53-28-54-43)39(26-34)58-44(63)30-8-11-32(12-9-30)55-41(61)7-6-23-66-35-16-13-33(14-17-35)56-42(62)21-24-67-46(65)59-47(3,4)5/h6-7,10,18,25,28-30,32-35,38-40,52H,8-9,11-17,19-24,26-27H2,1-5H3,(H,55,61)(H,56,62)(H,58,63)(H,59,65)(H,53,54,57)/b7-6+/t30?,32?,33?,34-,35?,38+,39-,40+/m1/s1. The summed E-state index contributed by atoms with van der Waals surface area (Å²) in [6, 6.07) is 2.17. The first-order valence-corrected chi connectivity index (χ1v) is 24.1. The average molecular weight is 942 g/mol. The molecule has 19 heteroatoms. The summed E-state index contributed by atoms with van der Waals surface area (Å²) in [7, 11) is 0. The van der Waals surface area contributed by atoms with Crippen molar-refractivity contribution < 1.29 is 46.6 Å². The molecule has 3 aliphatic carbocycles. The number of aromatic nitrogens is 2. The normalized spacial score (nSPS) is 26.1. The Bertz CT molecular complexity index is 2050. The Hall–Kier alpha value is -5.04. The predicted octanol–water partition coefficient (Wildman–Crippen LogP) is 5.90. The first-order chi connectivity index (χ1) is 31.8. The molecular weight excluding hydrogens is 872 g/mol. The molecule has 0 bridgehead atoms. The highest BCUT2D eigenvalue weighted by molar-refractivity contribution is 5.93. The van der Waals surface area contributed by atoms with Gasteiger partial charge in [-0.2, -0.15) is 13.2 Å². The Labute approximate surface area is 391 Å². The number of carbonyl (C=O) groups excluding carboxylic acids is 5. The SMILES string of the molecule is CC(C)CN[C@@H]1CC[C@H](N2CC[C@H](Nc3ncnc4ccc(C(F)(F)F)cc34)C2=O)[C@H](NC(=O)C2CCC(NC(=O)/C=C/COC3CCC(NC(=O)CCOC(=O)NC(C)(C)C)CC3)CC2)C1. The van der Waals surface area contributed by atoms with E-state index < -0.39 is 29.4 Å². The first-order valence-electron chi connectivity index (χ1n) is 24.1. The highest BCUT2D eigenvalue weighted by atomic mass is 19.4. The van der Waals surface area contributed by atoms with Crippen LogP contribution in [-0.4, -0.2) is 119 Å². The number of hydrogen-bond acceptors (Lipinski definition) is 11. The van der Waals surface area contributed by atoms with Crippen molar-refractivity contribution in [3.05, 3.63) is 42.2 Å². The fourth-order valence-corrected chi connectivity index (χ4v) is 9.60. The van der Waals surface area contributed by atoms with Crippen molar-refractivity contribution in [3.8, 4) is 0 Å². The second kappa shape index (κ2) is 23.3. The summed E-state index contributed by atoms with van der Waals surface area (Å²) in [5.74, 6) is -0.235. The molecule has 1 aromatic heterocycles. The van der Waals surface area contributed by atoms with Crippen molar-refractivity contribution in [2.24, 2.45) is 11.8 Å². The average Bonchev–Trinajstić information content (AvgIpc) is 3.62. The third kappa shape index (κ3) is 15.5. The zero-order valence-corrected chi connectivity index (χ0v) is 39.5. The van der Waals surface area contributed by atoms with Gasteiger partial charge in [-0.25, -0.2) is 14.8 Å². The topological polar surface area (TPSA) is 205 Å². The van der Waals surface area contributed by atoms with E-state index in [9.17, 15) is 37.1 Å². The maximum atomic E-state index is 14.0. The number of nitrogens with one attached hydrogen (secondary N) is 6. The highest BCUT2D eigenvalue weighted by Gasteiger charge is 2.43. The van der Waals surface area contributed by atoms with E-state index in [4.69, 9.17) is 9.47 Å². The summed E-state index contributed by atoms with van der Waals surface area (Å²) in [4.78, 5) is 75.0. The van der Waals surface area contributed by atoms with E-state index in [-0.39, 0.29) is 96.7 Å². The Morgan fingerprint density at radius 1 is 0.881 bits per heavy atom. The van der Waals surface area contributed by atoms with E-state index in [1.165, 1.54) is 18.5 Å². The van der Waals surface area contributed by atoms with Crippen molar-refractivity contribution in [1.82, 2.24) is 41.5 Å². The summed E-state index contributed by atoms with van der Waals surface area (Å²) in [6.07, 6.45) is 7.70. The number of carbonyl (C=O) groups is 5. The lowest BCUT2D eigenvalue weighted by atomic mass is 9.83. The molecule has 16 nitrogen and oxygen atoms in total. The molecular formula is C48H70F3N9O7. The number of anilines is 1. The van der Waals surface area contributed by atoms with Gasteiger partial charge in [0, 0.05) is 47.6 Å². The number of alkyl halides is 3. The predicted molar refractivity (Wildman–Crippen MR) is 247 cm³/mol. The summed E-state index contributed by atoms with van der Waals surface area (Å²) < 4.78 is 51.8. The molecule has 1 aromatic carbocycles. The largest absolute Gasteiger partial charge is 0.449 e. The van der Waals surface area contributed by atoms with Crippen LogP contribution in [-0.2, 0) is 34.8 Å². The highest BCUT2D eigenvalue weighted by Crippen LogP contribution is 2.34. The smallest absolute Gasteiger partial charge is 0.416 e. The van der Waals surface area contributed by atoms with Gasteiger partial charge in [0.25, 0.3) is 0 Å². The Morgan fingerprint density at radius 2 is 1.58 bits per heavy atom. The molecule has 6 rings (SSSR count). The number of likely N-dealkylation sites (tertiary alicyclic amines) is 1. The number of rotatable bonds is 17. The van der Waals surface area contributed by atoms with Gasteiger partial charge in [-0.15, -0.1) is 0 Å². The van der Waals surface area contributed by atoms with Crippen LogP contribution in [0.3, 0.4) is 0 Å². The van der Waals surface area contributed by atoms with E-state index in [1.54, 1.807) is 6.08 Å². The van der Waals surface area contributed by atoms with Gasteiger partial charge in [0.2, 0.25) is 23.6 Å². The quantitative estimate of drug-likeness (QED) is 0.103. The van der Waals surface area contributed by atoms with Crippen molar-refractivity contribution in [2.75, 3.05) is 31.6 Å². The molecule has 0 unspecified atom stereocenters. The molecule has 5 amide bonds. The van der Waals surface area contributed by atoms with Crippen LogP contribution in [0.2, 0.25) is 0 Å². The summed E-state index contributed by atoms with van der Waals surface area (Å²) in [6.45, 7) is 11.4. The zero-order valence-electron chi connectivity index (χ0n) is 39.5. The molecule has 1 saturated heterocycles. The van der Waals surface area contributed by atoms with Gasteiger partial charge >= 0.3 is 12.3 Å². The fraction of sp³-hybridized carbons (Fsp3) is 0.688. The van der Waals surface area contributed by atoms with Gasteiger partial charge in [0.05, 0.1) is 42.3 Å². The molecule has 0 spiro atoms. The number of alkyl carbamates (subject to hydrolysis) is 1. The Morgan fingerprint density at radius 3 is 2.28 bits per heavy atom. The molecule has 4 aliphatic rings. The van der Waals surface area contributed by atoms with Crippen LogP contribution in [0.15, 0.2) is 36.7 Å². The number of halogens is 3. The molecule has 4 fully saturated rings. The van der Waals surface area contributed by atoms with Crippen LogP contribution < -0.4 is 31.9 Å². The van der Waals surface area contributed by atoms with Crippen molar-refractivity contribution in [1.29, 1.82) is 0 Å². The van der Waals surface area contributed by atoms with Crippen LogP contribution >= 0.6 is 0 Å². The van der Waals surface area contributed by atoms with Crippen molar-refractivity contribution >= 4 is 46.4 Å². The molecule has 0 radical (unpaired) electrons. The monoisotopic (exact) mass is 942 g/mol. The third-order valence-corrected chi connectivity index (χ3v) is 13.1. The van der Waals surface area contributed by atoms with Gasteiger partial charge in [0.1, 0.15) is 24.8 Å². The van der Waals surface area contributed by atoms with Gasteiger partial charge < -0.3 is 46.3 Å². The van der Waals surface area contributed by atoms with Gasteiger partial charge in [0.15, 0.2) is 0 Å². The molecule has 370 valence electrons. The van der Waals surface area contributed by atoms with E-state index in [2.05, 4.69) is 55.7 Å². The molecule has 67 heavy (non-hydrogen) atoms. The Balaban J connectivity index is 0.921. The zero-order chi connectivity index (χ0) is 48.3. The summed E-state index contributed by atoms with van der Waals surface area (Å²) in [5, 5.41) is 19.0. The van der Waals surface area contributed by atoms with E-state index in [0.717, 1.165) is 50.8 Å². The summed E-state index contributed by atoms with van der Waals surface area (Å²) >= 11 is 0. The minimum absolute atomic E-state index is 0.00764. The van der Waals surface area contributed by atoms with Crippen LogP contribution in [0.1, 0.15) is 124 Å². The second-order valence-corrected chi connectivity index (χ2v) is 20.1. The van der Waals surface area contributed by atoms with Crippen molar-refractivity contribution in [2.45, 2.75) is 172 Å². The van der Waals surface area contributed by atoms with E-state index in [0.29, 0.717) is 62.9 Å². The van der Waals surface area contributed by atoms with E-state index in [1.807, 2.05) is 25.7 Å². The third-order valence-electron chi connectivity index (χ3n) is 13.1. The minimum atomic E-state index is -4.55. The maximum Gasteiger partial charge on any atom is 0.416 e. The van der Waals surface area contributed by atoms with Crippen LogP contribution in [0.5, 0.6) is 0 Å². The van der Waals surface area contributed by atoms with Crippen LogP contribution in [0.4, 0.5) is 23.8 Å². The molecule has 6 N–H and O–H groups in total. The number of hydrogen-bond donors (Lipinski definition) is 6. The summed E-state index contributed by atoms with van der Waals surface area (Å²) in [5.41, 5.74) is -0.908. The molecule has 4 atom stereocenters. The number of fused-ring (bicyclic) bond motifs is 1. The molecule has 2 heterocycles. The van der Waals surface area contributed by atoms with Crippen LogP contribution in [0, 0.1) is 11.8 Å².